The summed E-state index contributed by atoms with van der Waals surface area (Å²) >= 11 is 0. The predicted molar refractivity (Wildman–Crippen MR) is 41.1 cm³/mol. The third kappa shape index (κ3) is 1.32. The van der Waals surface area contributed by atoms with Crippen LogP contribution in [-0.2, 0) is 6.18 Å². The second-order valence-corrected chi connectivity index (χ2v) is 2.75. The van der Waals surface area contributed by atoms with Crippen LogP contribution in [0.2, 0.25) is 0 Å². The first-order valence-corrected chi connectivity index (χ1v) is 3.68. The van der Waals surface area contributed by atoms with Gasteiger partial charge in [0.2, 0.25) is 0 Å². The molecule has 0 saturated carbocycles. The normalized spacial score (nSPS) is 12.3. The molecule has 2 nitrogen and oxygen atoms in total. The second-order valence-electron chi connectivity index (χ2n) is 2.75. The fourth-order valence-electron chi connectivity index (χ4n) is 1.21. The Morgan fingerprint density at radius 1 is 1.29 bits per heavy atom. The van der Waals surface area contributed by atoms with Crippen molar-refractivity contribution in [3.05, 3.63) is 29.8 Å². The largest absolute Gasteiger partial charge is 0.418 e. The van der Waals surface area contributed by atoms with Crippen LogP contribution in [0.1, 0.15) is 5.56 Å². The summed E-state index contributed by atoms with van der Waals surface area (Å²) in [7, 11) is 0. The summed E-state index contributed by atoms with van der Waals surface area (Å²) in [5.41, 5.74) is -0.877. The molecule has 0 atom stereocenters. The van der Waals surface area contributed by atoms with Crippen molar-refractivity contribution in [2.24, 2.45) is 0 Å². The zero-order valence-corrected chi connectivity index (χ0v) is 6.69. The highest BCUT2D eigenvalue weighted by Gasteiger charge is 2.33. The molecule has 74 valence electrons. The minimum atomic E-state index is -4.49. The Hall–Kier alpha value is -1.59. The highest BCUT2D eigenvalue weighted by Crippen LogP contribution is 2.34. The fraction of sp³-hybridized carbons (Fsp3) is 0.125. The highest BCUT2D eigenvalue weighted by molar-refractivity contribution is 5.80. The van der Waals surface area contributed by atoms with Crippen molar-refractivity contribution in [1.29, 1.82) is 0 Å². The SMILES string of the molecule is Fc1cnc2[nH]cc(C(F)(F)F)c2c1. The van der Waals surface area contributed by atoms with Gasteiger partial charge in [0.1, 0.15) is 11.5 Å². The predicted octanol–water partition coefficient (Wildman–Crippen LogP) is 2.72. The molecule has 2 aromatic heterocycles. The molecule has 0 unspecified atom stereocenters. The van der Waals surface area contributed by atoms with Crippen LogP contribution in [-0.4, -0.2) is 9.97 Å². The molecule has 0 aromatic carbocycles. The van der Waals surface area contributed by atoms with Gasteiger partial charge in [-0.1, -0.05) is 0 Å². The van der Waals surface area contributed by atoms with Gasteiger partial charge in [-0.25, -0.2) is 9.37 Å². The number of H-pyrrole nitrogens is 1. The summed E-state index contributed by atoms with van der Waals surface area (Å²) in [4.78, 5) is 5.81. The van der Waals surface area contributed by atoms with Crippen molar-refractivity contribution in [2.45, 2.75) is 6.18 Å². The molecule has 14 heavy (non-hydrogen) atoms. The number of hydrogen-bond acceptors (Lipinski definition) is 1. The van der Waals surface area contributed by atoms with E-state index in [9.17, 15) is 17.6 Å². The zero-order chi connectivity index (χ0) is 10.3. The summed E-state index contributed by atoms with van der Waals surface area (Å²) < 4.78 is 49.6. The Kier molecular flexibility index (Phi) is 1.73. The zero-order valence-electron chi connectivity index (χ0n) is 6.69. The molecular weight excluding hydrogens is 200 g/mol. The monoisotopic (exact) mass is 204 g/mol. The average molecular weight is 204 g/mol. The molecule has 0 spiro atoms. The maximum Gasteiger partial charge on any atom is 0.418 e. The van der Waals surface area contributed by atoms with Gasteiger partial charge in [0.05, 0.1) is 11.8 Å². The van der Waals surface area contributed by atoms with Crippen molar-refractivity contribution in [1.82, 2.24) is 9.97 Å². The molecule has 0 bridgehead atoms. The van der Waals surface area contributed by atoms with Crippen LogP contribution in [0.25, 0.3) is 11.0 Å². The van der Waals surface area contributed by atoms with E-state index in [-0.39, 0.29) is 11.0 Å². The second kappa shape index (κ2) is 2.70. The molecule has 2 aromatic rings. The van der Waals surface area contributed by atoms with E-state index in [1.54, 1.807) is 0 Å². The van der Waals surface area contributed by atoms with Crippen LogP contribution in [0.3, 0.4) is 0 Å². The van der Waals surface area contributed by atoms with E-state index in [1.807, 2.05) is 0 Å². The van der Waals surface area contributed by atoms with E-state index in [2.05, 4.69) is 9.97 Å². The smallest absolute Gasteiger partial charge is 0.346 e. The van der Waals surface area contributed by atoms with Crippen LogP contribution < -0.4 is 0 Å². The van der Waals surface area contributed by atoms with Crippen LogP contribution in [0, 0.1) is 5.82 Å². The summed E-state index contributed by atoms with van der Waals surface area (Å²) in [5, 5.41) is -0.252. The fourth-order valence-corrected chi connectivity index (χ4v) is 1.21. The number of pyridine rings is 1. The number of halogens is 4. The molecule has 6 heteroatoms. The van der Waals surface area contributed by atoms with E-state index >= 15 is 0 Å². The highest BCUT2D eigenvalue weighted by atomic mass is 19.4. The van der Waals surface area contributed by atoms with E-state index in [1.165, 1.54) is 0 Å². The molecule has 2 rings (SSSR count). The topological polar surface area (TPSA) is 28.7 Å². The Balaban J connectivity index is 2.73. The molecule has 0 saturated heterocycles. The number of fused-ring (bicyclic) bond motifs is 1. The van der Waals surface area contributed by atoms with Gasteiger partial charge in [-0.2, -0.15) is 13.2 Å². The molecular formula is C8H4F4N2. The molecule has 0 amide bonds. The molecule has 2 heterocycles. The lowest BCUT2D eigenvalue weighted by atomic mass is 10.2. The average Bonchev–Trinajstić information content (AvgIpc) is 2.45. The summed E-state index contributed by atoms with van der Waals surface area (Å²) in [6, 6.07) is 0.807. The standard InChI is InChI=1S/C8H4F4N2/c9-4-1-5-6(8(10,11)12)3-14-7(5)13-2-4/h1-3H,(H,13,14). The van der Waals surface area contributed by atoms with E-state index in [4.69, 9.17) is 0 Å². The van der Waals surface area contributed by atoms with Crippen LogP contribution in [0.5, 0.6) is 0 Å². The maximum atomic E-state index is 12.6. The van der Waals surface area contributed by atoms with Gasteiger partial charge in [-0.15, -0.1) is 0 Å². The quantitative estimate of drug-likeness (QED) is 0.656. The lowest BCUT2D eigenvalue weighted by Gasteiger charge is -2.03. The third-order valence-electron chi connectivity index (χ3n) is 1.80. The van der Waals surface area contributed by atoms with Crippen LogP contribution in [0.4, 0.5) is 17.6 Å². The third-order valence-corrected chi connectivity index (χ3v) is 1.80. The van der Waals surface area contributed by atoms with Gasteiger partial charge >= 0.3 is 6.18 Å². The van der Waals surface area contributed by atoms with Gasteiger partial charge in [-0.05, 0) is 6.07 Å². The molecule has 0 aliphatic rings. The Labute approximate surface area is 75.6 Å². The van der Waals surface area contributed by atoms with Crippen molar-refractivity contribution in [2.75, 3.05) is 0 Å². The number of aromatic amines is 1. The summed E-state index contributed by atoms with van der Waals surface area (Å²) in [5.74, 6) is -0.789. The lowest BCUT2D eigenvalue weighted by Crippen LogP contribution is -2.03. The van der Waals surface area contributed by atoms with E-state index in [0.29, 0.717) is 0 Å². The van der Waals surface area contributed by atoms with Gasteiger partial charge in [0, 0.05) is 11.6 Å². The van der Waals surface area contributed by atoms with Crippen molar-refractivity contribution >= 4 is 11.0 Å². The van der Waals surface area contributed by atoms with E-state index in [0.717, 1.165) is 18.5 Å². The summed E-state index contributed by atoms with van der Waals surface area (Å²) in [6.07, 6.45) is -2.86. The van der Waals surface area contributed by atoms with Gasteiger partial charge in [0.25, 0.3) is 0 Å². The van der Waals surface area contributed by atoms with Crippen LogP contribution in [0.15, 0.2) is 18.5 Å². The Bertz CT molecular complexity index is 472. The Morgan fingerprint density at radius 2 is 2.00 bits per heavy atom. The number of hydrogen-bond donors (Lipinski definition) is 1. The summed E-state index contributed by atoms with van der Waals surface area (Å²) in [6.45, 7) is 0. The number of nitrogens with zero attached hydrogens (tertiary/aromatic N) is 1. The molecule has 0 radical (unpaired) electrons. The van der Waals surface area contributed by atoms with Gasteiger partial charge in [-0.3, -0.25) is 0 Å². The molecule has 0 aliphatic heterocycles. The van der Waals surface area contributed by atoms with Crippen molar-refractivity contribution in [3.8, 4) is 0 Å². The number of nitrogens with one attached hydrogen (secondary N) is 1. The minimum Gasteiger partial charge on any atom is -0.346 e. The first-order chi connectivity index (χ1) is 6.48. The van der Waals surface area contributed by atoms with Crippen molar-refractivity contribution in [3.63, 3.8) is 0 Å². The van der Waals surface area contributed by atoms with Crippen molar-refractivity contribution < 1.29 is 17.6 Å². The van der Waals surface area contributed by atoms with Gasteiger partial charge in [0.15, 0.2) is 0 Å². The maximum absolute atomic E-state index is 12.6. The molecule has 0 aliphatic carbocycles. The number of alkyl halides is 3. The van der Waals surface area contributed by atoms with Gasteiger partial charge < -0.3 is 4.98 Å². The number of rotatable bonds is 0. The van der Waals surface area contributed by atoms with E-state index < -0.39 is 17.6 Å². The minimum absolute atomic E-state index is 0.0266. The number of aromatic nitrogens is 2. The Morgan fingerprint density at radius 3 is 2.64 bits per heavy atom. The molecule has 1 N–H and O–H groups in total. The van der Waals surface area contributed by atoms with Crippen LogP contribution >= 0.6 is 0 Å². The first kappa shape index (κ1) is 8.98. The first-order valence-electron chi connectivity index (χ1n) is 3.68. The molecule has 0 fully saturated rings. The lowest BCUT2D eigenvalue weighted by molar-refractivity contribution is -0.136.